The van der Waals surface area contributed by atoms with Gasteiger partial charge in [0, 0.05) is 5.56 Å². The number of imide groups is 2. The quantitative estimate of drug-likeness (QED) is 0.144. The molecular weight excluding hydrogens is 658 g/mol. The monoisotopic (exact) mass is 688 g/mol. The van der Waals surface area contributed by atoms with Crippen LogP contribution >= 0.6 is 22.6 Å². The van der Waals surface area contributed by atoms with Crippen LogP contribution in [0.25, 0.3) is 6.08 Å². The number of hydrogen-bond donors (Lipinski definition) is 1. The summed E-state index contributed by atoms with van der Waals surface area (Å²) in [6.07, 6.45) is 2.22. The number of carbonyl (C=O) groups excluding carboxylic acids is 3. The highest BCUT2D eigenvalue weighted by Crippen LogP contribution is 2.36. The number of ether oxygens (including phenoxy) is 4. The highest BCUT2D eigenvalue weighted by atomic mass is 127. The molecule has 4 amide bonds. The molecule has 1 saturated heterocycles. The topological polar surface area (TPSA) is 103 Å². The minimum absolute atomic E-state index is 0.0162. The molecule has 1 N–H and O–H groups in total. The molecule has 0 spiro atoms. The molecule has 9 nitrogen and oxygen atoms in total. The number of rotatable bonds is 12. The summed E-state index contributed by atoms with van der Waals surface area (Å²) in [5.74, 6) is -0.160. The molecule has 0 bridgehead atoms. The van der Waals surface area contributed by atoms with Crippen molar-refractivity contribution in [3.63, 3.8) is 0 Å². The Morgan fingerprint density at radius 3 is 2.45 bits per heavy atom. The average Bonchev–Trinajstić information content (AvgIpc) is 2.97. The van der Waals surface area contributed by atoms with Crippen LogP contribution in [-0.4, -0.2) is 43.1 Å². The van der Waals surface area contributed by atoms with Gasteiger partial charge in [0.25, 0.3) is 11.8 Å². The van der Waals surface area contributed by atoms with Gasteiger partial charge in [-0.3, -0.25) is 19.8 Å². The third-order valence-corrected chi connectivity index (χ3v) is 6.99. The van der Waals surface area contributed by atoms with Gasteiger partial charge in [-0.1, -0.05) is 31.2 Å². The third-order valence-electron chi connectivity index (χ3n) is 6.19. The molecule has 11 heteroatoms. The van der Waals surface area contributed by atoms with Crippen LogP contribution in [0, 0.1) is 9.39 Å². The standard InChI is InChI=1S/C31H30FIN2O7/c1-4-12-41-25-11-10-19(15-26(25)39-3)17-35-30(37)22(29(36)34-31(35)38)13-20-14-24(33)28(27(16-20)40-5-2)42-18-21-8-6-7-9-23(21)32/h6-11,13-16H,4-5,12,17-18H2,1-3H3,(H,34,36,38)/b22-13+. The molecule has 0 aliphatic carbocycles. The maximum atomic E-state index is 14.1. The lowest BCUT2D eigenvalue weighted by atomic mass is 10.1. The van der Waals surface area contributed by atoms with Crippen molar-refractivity contribution in [1.29, 1.82) is 0 Å². The van der Waals surface area contributed by atoms with Crippen LogP contribution in [-0.2, 0) is 22.7 Å². The maximum absolute atomic E-state index is 14.1. The summed E-state index contributed by atoms with van der Waals surface area (Å²) in [5.41, 5.74) is 1.25. The van der Waals surface area contributed by atoms with Crippen LogP contribution in [0.1, 0.15) is 37.0 Å². The normalized spacial score (nSPS) is 14.2. The lowest BCUT2D eigenvalue weighted by Gasteiger charge is -2.26. The second-order valence-electron chi connectivity index (χ2n) is 9.19. The molecule has 3 aromatic carbocycles. The second kappa shape index (κ2) is 14.2. The number of benzene rings is 3. The molecule has 42 heavy (non-hydrogen) atoms. The SMILES string of the molecule is CCCOc1ccc(CN2C(=O)NC(=O)/C(=C\c3cc(I)c(OCc4ccccc4F)c(OCC)c3)C2=O)cc1OC. The zero-order chi connectivity index (χ0) is 30.2. The highest BCUT2D eigenvalue weighted by molar-refractivity contribution is 14.1. The van der Waals surface area contributed by atoms with E-state index in [1.54, 1.807) is 55.5 Å². The number of nitrogens with one attached hydrogen (secondary N) is 1. The van der Waals surface area contributed by atoms with E-state index in [-0.39, 0.29) is 24.5 Å². The van der Waals surface area contributed by atoms with Gasteiger partial charge >= 0.3 is 6.03 Å². The van der Waals surface area contributed by atoms with E-state index in [0.29, 0.717) is 56.5 Å². The summed E-state index contributed by atoms with van der Waals surface area (Å²) in [5, 5.41) is 2.24. The molecule has 0 aromatic heterocycles. The number of amides is 4. The van der Waals surface area contributed by atoms with Crippen molar-refractivity contribution in [2.24, 2.45) is 0 Å². The van der Waals surface area contributed by atoms with E-state index in [1.807, 2.05) is 29.5 Å². The first-order valence-corrected chi connectivity index (χ1v) is 14.3. The highest BCUT2D eigenvalue weighted by Gasteiger charge is 2.36. The fraction of sp³-hybridized carbons (Fsp3) is 0.258. The minimum Gasteiger partial charge on any atom is -0.493 e. The second-order valence-corrected chi connectivity index (χ2v) is 10.3. The summed E-state index contributed by atoms with van der Waals surface area (Å²) in [4.78, 5) is 39.7. The van der Waals surface area contributed by atoms with Crippen LogP contribution in [0.2, 0.25) is 0 Å². The van der Waals surface area contributed by atoms with Gasteiger partial charge in [-0.15, -0.1) is 0 Å². The number of hydrogen-bond acceptors (Lipinski definition) is 7. The first-order chi connectivity index (χ1) is 20.2. The Labute approximate surface area is 256 Å². The van der Waals surface area contributed by atoms with Gasteiger partial charge in [-0.05, 0) is 83.5 Å². The van der Waals surface area contributed by atoms with E-state index < -0.39 is 17.8 Å². The van der Waals surface area contributed by atoms with Crippen LogP contribution < -0.4 is 24.3 Å². The molecule has 3 aromatic rings. The van der Waals surface area contributed by atoms with Crippen LogP contribution in [0.15, 0.2) is 60.2 Å². The van der Waals surface area contributed by atoms with Gasteiger partial charge in [0.2, 0.25) is 0 Å². The molecule has 0 unspecified atom stereocenters. The molecule has 1 aliphatic heterocycles. The lowest BCUT2D eigenvalue weighted by molar-refractivity contribution is -0.130. The number of carbonyl (C=O) groups is 3. The smallest absolute Gasteiger partial charge is 0.331 e. The van der Waals surface area contributed by atoms with Gasteiger partial charge in [0.05, 0.1) is 30.4 Å². The summed E-state index contributed by atoms with van der Waals surface area (Å²) < 4.78 is 37.5. The molecule has 0 atom stereocenters. The Morgan fingerprint density at radius 1 is 0.952 bits per heavy atom. The lowest BCUT2D eigenvalue weighted by Crippen LogP contribution is -2.53. The Balaban J connectivity index is 1.59. The van der Waals surface area contributed by atoms with Crippen LogP contribution in [0.5, 0.6) is 23.0 Å². The molecule has 1 aliphatic rings. The third kappa shape index (κ3) is 7.19. The molecule has 0 radical (unpaired) electrons. The minimum atomic E-state index is -0.825. The van der Waals surface area contributed by atoms with Gasteiger partial charge in [-0.25, -0.2) is 9.18 Å². The van der Waals surface area contributed by atoms with Gasteiger partial charge in [0.15, 0.2) is 23.0 Å². The van der Waals surface area contributed by atoms with E-state index in [4.69, 9.17) is 18.9 Å². The summed E-state index contributed by atoms with van der Waals surface area (Å²) in [7, 11) is 1.50. The Kier molecular flexibility index (Phi) is 10.4. The Hall–Kier alpha value is -4.13. The zero-order valence-corrected chi connectivity index (χ0v) is 25.5. The van der Waals surface area contributed by atoms with E-state index in [1.165, 1.54) is 19.3 Å². The molecular formula is C31H30FIN2O7. The maximum Gasteiger partial charge on any atom is 0.331 e. The first-order valence-electron chi connectivity index (χ1n) is 13.3. The molecule has 1 fully saturated rings. The van der Waals surface area contributed by atoms with Gasteiger partial charge < -0.3 is 18.9 Å². The van der Waals surface area contributed by atoms with E-state index >= 15 is 0 Å². The molecule has 4 rings (SSSR count). The summed E-state index contributed by atoms with van der Waals surface area (Å²) in [6.45, 7) is 4.52. The Bertz CT molecular complexity index is 1530. The van der Waals surface area contributed by atoms with Gasteiger partial charge in [0.1, 0.15) is 18.0 Å². The number of nitrogens with zero attached hydrogens (tertiary/aromatic N) is 1. The van der Waals surface area contributed by atoms with Crippen molar-refractivity contribution in [2.45, 2.75) is 33.4 Å². The van der Waals surface area contributed by atoms with Crippen LogP contribution in [0.3, 0.4) is 0 Å². The van der Waals surface area contributed by atoms with Crippen LogP contribution in [0.4, 0.5) is 9.18 Å². The fourth-order valence-electron chi connectivity index (χ4n) is 4.17. The van der Waals surface area contributed by atoms with Crippen molar-refractivity contribution in [2.75, 3.05) is 20.3 Å². The van der Waals surface area contributed by atoms with Crippen molar-refractivity contribution in [3.05, 3.63) is 86.2 Å². The first kappa shape index (κ1) is 30.8. The predicted octanol–water partition coefficient (Wildman–Crippen LogP) is 5.87. The average molecular weight is 688 g/mol. The van der Waals surface area contributed by atoms with Crippen molar-refractivity contribution < 1.29 is 37.7 Å². The molecule has 1 heterocycles. The predicted molar refractivity (Wildman–Crippen MR) is 162 cm³/mol. The summed E-state index contributed by atoms with van der Waals surface area (Å²) >= 11 is 2.05. The van der Waals surface area contributed by atoms with Gasteiger partial charge in [-0.2, -0.15) is 0 Å². The Morgan fingerprint density at radius 2 is 1.74 bits per heavy atom. The number of barbiturate groups is 1. The van der Waals surface area contributed by atoms with E-state index in [0.717, 1.165) is 11.3 Å². The summed E-state index contributed by atoms with van der Waals surface area (Å²) in [6, 6.07) is 13.9. The van der Waals surface area contributed by atoms with Crippen molar-refractivity contribution in [1.82, 2.24) is 10.2 Å². The van der Waals surface area contributed by atoms with Crippen molar-refractivity contribution >= 4 is 46.5 Å². The molecule has 220 valence electrons. The zero-order valence-electron chi connectivity index (χ0n) is 23.4. The van der Waals surface area contributed by atoms with E-state index in [2.05, 4.69) is 5.32 Å². The number of halogens is 2. The largest absolute Gasteiger partial charge is 0.493 e. The fourth-order valence-corrected chi connectivity index (χ4v) is 4.95. The molecule has 0 saturated carbocycles. The van der Waals surface area contributed by atoms with Crippen molar-refractivity contribution in [3.8, 4) is 23.0 Å². The number of methoxy groups -OCH3 is 1. The van der Waals surface area contributed by atoms with E-state index in [9.17, 15) is 18.8 Å². The number of urea groups is 1.